The Kier molecular flexibility index (Phi) is 5.25. The highest BCUT2D eigenvalue weighted by Crippen LogP contribution is 2.21. The average Bonchev–Trinajstić information content (AvgIpc) is 2.67. The van der Waals surface area contributed by atoms with Gasteiger partial charge in [0, 0.05) is 0 Å². The van der Waals surface area contributed by atoms with Crippen molar-refractivity contribution < 1.29 is 14.3 Å². The minimum Gasteiger partial charge on any atom is -0.490 e. The monoisotopic (exact) mass is 318 g/mol. The van der Waals surface area contributed by atoms with Crippen LogP contribution in [0.5, 0.6) is 5.75 Å². The lowest BCUT2D eigenvalue weighted by Gasteiger charge is -2.08. The Hall–Kier alpha value is -3.07. The molecule has 3 aromatic carbocycles. The van der Waals surface area contributed by atoms with Gasteiger partial charge in [-0.15, -0.1) is 0 Å². The van der Waals surface area contributed by atoms with Crippen LogP contribution in [0, 0.1) is 0 Å². The predicted molar refractivity (Wildman–Crippen MR) is 94.1 cm³/mol. The van der Waals surface area contributed by atoms with E-state index in [-0.39, 0.29) is 12.6 Å². The molecular formula is C21H18O3. The number of carbonyl (C=O) groups is 1. The van der Waals surface area contributed by atoms with Gasteiger partial charge in [0.15, 0.2) is 0 Å². The van der Waals surface area contributed by atoms with Gasteiger partial charge in [-0.1, -0.05) is 60.7 Å². The number of benzene rings is 3. The molecule has 3 nitrogen and oxygen atoms in total. The first kappa shape index (κ1) is 15.8. The maximum Gasteiger partial charge on any atom is 0.338 e. The molecule has 0 heterocycles. The van der Waals surface area contributed by atoms with Gasteiger partial charge >= 0.3 is 5.97 Å². The molecule has 0 atom stereocenters. The van der Waals surface area contributed by atoms with E-state index in [4.69, 9.17) is 9.47 Å². The van der Waals surface area contributed by atoms with Gasteiger partial charge in [0.2, 0.25) is 0 Å². The molecule has 0 aliphatic rings. The van der Waals surface area contributed by atoms with Crippen molar-refractivity contribution in [3.63, 3.8) is 0 Å². The van der Waals surface area contributed by atoms with Gasteiger partial charge in [-0.3, -0.25) is 0 Å². The van der Waals surface area contributed by atoms with Crippen LogP contribution in [0.4, 0.5) is 0 Å². The molecule has 24 heavy (non-hydrogen) atoms. The van der Waals surface area contributed by atoms with Gasteiger partial charge < -0.3 is 9.47 Å². The summed E-state index contributed by atoms with van der Waals surface area (Å²) in [6, 6.07) is 27.0. The summed E-state index contributed by atoms with van der Waals surface area (Å²) in [6.45, 7) is 0.539. The quantitative estimate of drug-likeness (QED) is 0.492. The first-order valence-electron chi connectivity index (χ1n) is 7.83. The van der Waals surface area contributed by atoms with E-state index in [0.29, 0.717) is 12.2 Å². The number of hydrogen-bond acceptors (Lipinski definition) is 3. The fourth-order valence-electron chi connectivity index (χ4n) is 2.33. The molecule has 0 saturated heterocycles. The normalized spacial score (nSPS) is 10.2. The minimum absolute atomic E-state index is 0.216. The largest absolute Gasteiger partial charge is 0.490 e. The zero-order valence-electron chi connectivity index (χ0n) is 13.2. The molecule has 0 aliphatic carbocycles. The average molecular weight is 318 g/mol. The lowest BCUT2D eigenvalue weighted by Crippen LogP contribution is -2.12. The van der Waals surface area contributed by atoms with Gasteiger partial charge in [-0.05, 0) is 35.4 Å². The number of rotatable bonds is 6. The topological polar surface area (TPSA) is 35.5 Å². The molecule has 0 radical (unpaired) electrons. The fourth-order valence-corrected chi connectivity index (χ4v) is 2.33. The molecule has 0 saturated carbocycles. The Morgan fingerprint density at radius 3 is 1.92 bits per heavy atom. The third-order valence-corrected chi connectivity index (χ3v) is 3.56. The molecular weight excluding hydrogens is 300 g/mol. The summed E-state index contributed by atoms with van der Waals surface area (Å²) in [4.78, 5) is 11.8. The lowest BCUT2D eigenvalue weighted by atomic mass is 10.1. The van der Waals surface area contributed by atoms with E-state index in [1.165, 1.54) is 5.56 Å². The summed E-state index contributed by atoms with van der Waals surface area (Å²) in [6.07, 6.45) is 0. The molecule has 0 fully saturated rings. The molecule has 0 bridgehead atoms. The van der Waals surface area contributed by atoms with Crippen LogP contribution >= 0.6 is 0 Å². The summed E-state index contributed by atoms with van der Waals surface area (Å²) >= 11 is 0. The van der Waals surface area contributed by atoms with Crippen LogP contribution in [0.2, 0.25) is 0 Å². The highest BCUT2D eigenvalue weighted by molar-refractivity contribution is 5.89. The zero-order chi connectivity index (χ0) is 16.6. The highest BCUT2D eigenvalue weighted by atomic mass is 16.6. The van der Waals surface area contributed by atoms with Crippen molar-refractivity contribution >= 4 is 5.97 Å². The Labute approximate surface area is 141 Å². The van der Waals surface area contributed by atoms with Crippen molar-refractivity contribution in [2.75, 3.05) is 13.2 Å². The summed E-state index contributed by atoms with van der Waals surface area (Å²) in [7, 11) is 0. The molecule has 3 aromatic rings. The smallest absolute Gasteiger partial charge is 0.338 e. The molecule has 0 unspecified atom stereocenters. The molecule has 3 heteroatoms. The Bertz CT molecular complexity index is 765. The van der Waals surface area contributed by atoms with Gasteiger partial charge in [-0.25, -0.2) is 4.79 Å². The molecule has 0 amide bonds. The van der Waals surface area contributed by atoms with E-state index < -0.39 is 0 Å². The second kappa shape index (κ2) is 7.97. The minimum atomic E-state index is -0.335. The van der Waals surface area contributed by atoms with Crippen LogP contribution in [0.25, 0.3) is 11.1 Å². The van der Waals surface area contributed by atoms with Crippen molar-refractivity contribution in [1.29, 1.82) is 0 Å². The van der Waals surface area contributed by atoms with Gasteiger partial charge in [-0.2, -0.15) is 0 Å². The number of esters is 1. The van der Waals surface area contributed by atoms with Crippen LogP contribution in [0.3, 0.4) is 0 Å². The van der Waals surface area contributed by atoms with E-state index in [1.54, 1.807) is 24.3 Å². The van der Waals surface area contributed by atoms with Crippen LogP contribution in [0.15, 0.2) is 84.9 Å². The van der Waals surface area contributed by atoms with Gasteiger partial charge in [0.1, 0.15) is 19.0 Å². The van der Waals surface area contributed by atoms with Crippen LogP contribution < -0.4 is 4.74 Å². The van der Waals surface area contributed by atoms with Crippen molar-refractivity contribution in [2.24, 2.45) is 0 Å². The molecule has 120 valence electrons. The SMILES string of the molecule is O=C(OCCOc1ccc(-c2ccccc2)cc1)c1ccccc1. The summed E-state index contributed by atoms with van der Waals surface area (Å²) in [5, 5.41) is 0. The Balaban J connectivity index is 1.46. The second-order valence-corrected chi connectivity index (χ2v) is 5.24. The third-order valence-electron chi connectivity index (χ3n) is 3.56. The van der Waals surface area contributed by atoms with E-state index >= 15 is 0 Å². The fraction of sp³-hybridized carbons (Fsp3) is 0.0952. The first-order valence-corrected chi connectivity index (χ1v) is 7.83. The van der Waals surface area contributed by atoms with Gasteiger partial charge in [0.25, 0.3) is 0 Å². The Morgan fingerprint density at radius 1 is 0.667 bits per heavy atom. The van der Waals surface area contributed by atoms with E-state index in [9.17, 15) is 4.79 Å². The van der Waals surface area contributed by atoms with Crippen molar-refractivity contribution in [2.45, 2.75) is 0 Å². The first-order chi connectivity index (χ1) is 11.8. The summed E-state index contributed by atoms with van der Waals surface area (Å²) in [5.41, 5.74) is 2.85. The maximum absolute atomic E-state index is 11.8. The maximum atomic E-state index is 11.8. The Morgan fingerprint density at radius 2 is 1.25 bits per heavy atom. The van der Waals surface area contributed by atoms with Crippen LogP contribution in [0.1, 0.15) is 10.4 Å². The standard InChI is InChI=1S/C21H18O3/c22-21(19-9-5-2-6-10-19)24-16-15-23-20-13-11-18(12-14-20)17-7-3-1-4-8-17/h1-14H,15-16H2. The molecule has 0 aliphatic heterocycles. The van der Waals surface area contributed by atoms with Crippen LogP contribution in [-0.2, 0) is 4.74 Å². The van der Waals surface area contributed by atoms with Gasteiger partial charge in [0.05, 0.1) is 5.56 Å². The van der Waals surface area contributed by atoms with Crippen molar-refractivity contribution in [1.82, 2.24) is 0 Å². The second-order valence-electron chi connectivity index (χ2n) is 5.24. The summed E-state index contributed by atoms with van der Waals surface area (Å²) in [5.74, 6) is 0.420. The predicted octanol–water partition coefficient (Wildman–Crippen LogP) is 4.59. The summed E-state index contributed by atoms with van der Waals surface area (Å²) < 4.78 is 10.8. The molecule has 0 aromatic heterocycles. The van der Waals surface area contributed by atoms with Crippen molar-refractivity contribution in [3.8, 4) is 16.9 Å². The number of hydrogen-bond donors (Lipinski definition) is 0. The van der Waals surface area contributed by atoms with E-state index in [0.717, 1.165) is 11.3 Å². The third kappa shape index (κ3) is 4.23. The molecule has 0 N–H and O–H groups in total. The zero-order valence-corrected chi connectivity index (χ0v) is 13.2. The lowest BCUT2D eigenvalue weighted by molar-refractivity contribution is 0.0450. The van der Waals surface area contributed by atoms with E-state index in [1.807, 2.05) is 48.5 Å². The van der Waals surface area contributed by atoms with Crippen LogP contribution in [-0.4, -0.2) is 19.2 Å². The molecule has 3 rings (SSSR count). The van der Waals surface area contributed by atoms with Crippen molar-refractivity contribution in [3.05, 3.63) is 90.5 Å². The number of carbonyl (C=O) groups excluding carboxylic acids is 1. The number of ether oxygens (including phenoxy) is 2. The molecule has 0 spiro atoms. The van der Waals surface area contributed by atoms with E-state index in [2.05, 4.69) is 12.1 Å². The highest BCUT2D eigenvalue weighted by Gasteiger charge is 2.05.